The van der Waals surface area contributed by atoms with E-state index in [2.05, 4.69) is 17.2 Å². The predicted octanol–water partition coefficient (Wildman–Crippen LogP) is 3.01. The van der Waals surface area contributed by atoms with Gasteiger partial charge in [-0.1, -0.05) is 17.9 Å². The fourth-order valence-electron chi connectivity index (χ4n) is 3.38. The van der Waals surface area contributed by atoms with Gasteiger partial charge in [-0.25, -0.2) is 4.39 Å². The first-order chi connectivity index (χ1) is 13.1. The van der Waals surface area contributed by atoms with Gasteiger partial charge in [-0.2, -0.15) is 0 Å². The summed E-state index contributed by atoms with van der Waals surface area (Å²) < 4.78 is 19.1. The van der Waals surface area contributed by atoms with Crippen LogP contribution < -0.4 is 5.32 Å². The standard InChI is InChI=1S/C22H26FNO3/c23-20-4-2-1-3-18(20)8-5-17-6-9-19(10-7-17)21(26)24-15-22(16-25)11-13-27-14-12-22/h3,6-7,9-10,20,25H,1-2,4,11-16H2,(H,24,26). The molecule has 1 aromatic carbocycles. The Morgan fingerprint density at radius 3 is 2.67 bits per heavy atom. The van der Waals surface area contributed by atoms with Gasteiger partial charge >= 0.3 is 0 Å². The summed E-state index contributed by atoms with van der Waals surface area (Å²) in [7, 11) is 0. The Hall–Kier alpha value is -2.16. The number of benzene rings is 1. The van der Waals surface area contributed by atoms with E-state index in [1.54, 1.807) is 24.3 Å². The van der Waals surface area contributed by atoms with Gasteiger partial charge in [0.15, 0.2) is 0 Å². The number of hydrogen-bond donors (Lipinski definition) is 2. The van der Waals surface area contributed by atoms with Gasteiger partial charge in [-0.15, -0.1) is 0 Å². The van der Waals surface area contributed by atoms with Gasteiger partial charge in [-0.3, -0.25) is 4.79 Å². The number of aliphatic hydroxyl groups is 1. The van der Waals surface area contributed by atoms with Crippen LogP contribution >= 0.6 is 0 Å². The number of halogens is 1. The lowest BCUT2D eigenvalue weighted by Gasteiger charge is -2.35. The van der Waals surface area contributed by atoms with Crippen molar-refractivity contribution in [2.45, 2.75) is 38.3 Å². The summed E-state index contributed by atoms with van der Waals surface area (Å²) in [6.45, 7) is 1.69. The predicted molar refractivity (Wildman–Crippen MR) is 102 cm³/mol. The van der Waals surface area contributed by atoms with Crippen LogP contribution in [0.1, 0.15) is 48.0 Å². The summed E-state index contributed by atoms with van der Waals surface area (Å²) in [5.41, 5.74) is 1.56. The molecule has 1 atom stereocenters. The second-order valence-electron chi connectivity index (χ2n) is 7.34. The number of amides is 1. The maximum Gasteiger partial charge on any atom is 0.251 e. The number of carbonyl (C=O) groups excluding carboxylic acids is 1. The number of alkyl halides is 1. The molecule has 1 saturated heterocycles. The quantitative estimate of drug-likeness (QED) is 0.800. The molecule has 0 aromatic heterocycles. The van der Waals surface area contributed by atoms with Crippen molar-refractivity contribution in [1.29, 1.82) is 0 Å². The van der Waals surface area contributed by atoms with Crippen LogP contribution in [0.25, 0.3) is 0 Å². The zero-order chi connectivity index (χ0) is 19.1. The number of nitrogens with one attached hydrogen (secondary N) is 1. The lowest BCUT2D eigenvalue weighted by Crippen LogP contribution is -2.43. The van der Waals surface area contributed by atoms with Crippen molar-refractivity contribution in [2.24, 2.45) is 5.41 Å². The molecule has 2 N–H and O–H groups in total. The molecule has 1 aliphatic carbocycles. The second-order valence-corrected chi connectivity index (χ2v) is 7.34. The van der Waals surface area contributed by atoms with Gasteiger partial charge < -0.3 is 15.2 Å². The maximum absolute atomic E-state index is 13.8. The van der Waals surface area contributed by atoms with E-state index in [0.29, 0.717) is 37.3 Å². The van der Waals surface area contributed by atoms with Crippen molar-refractivity contribution in [2.75, 3.05) is 26.4 Å². The van der Waals surface area contributed by atoms with Gasteiger partial charge in [0.2, 0.25) is 0 Å². The molecule has 0 bridgehead atoms. The summed E-state index contributed by atoms with van der Waals surface area (Å²) in [4.78, 5) is 12.4. The molecular weight excluding hydrogens is 345 g/mol. The van der Waals surface area contributed by atoms with Gasteiger partial charge in [0.1, 0.15) is 6.17 Å². The average molecular weight is 371 g/mol. The Morgan fingerprint density at radius 1 is 1.26 bits per heavy atom. The van der Waals surface area contributed by atoms with Gasteiger partial charge in [0, 0.05) is 41.9 Å². The Kier molecular flexibility index (Phi) is 6.65. The lowest BCUT2D eigenvalue weighted by atomic mass is 9.81. The molecule has 1 aromatic rings. The molecule has 1 amide bonds. The number of rotatable bonds is 4. The van der Waals surface area contributed by atoms with Crippen molar-refractivity contribution in [3.05, 3.63) is 47.0 Å². The molecule has 1 aliphatic heterocycles. The Balaban J connectivity index is 1.58. The molecule has 0 spiro atoms. The van der Waals surface area contributed by atoms with Crippen LogP contribution in [-0.4, -0.2) is 43.6 Å². The summed E-state index contributed by atoms with van der Waals surface area (Å²) in [6.07, 6.45) is 4.69. The molecule has 1 heterocycles. The summed E-state index contributed by atoms with van der Waals surface area (Å²) in [5.74, 6) is 5.71. The van der Waals surface area contributed by atoms with Crippen molar-refractivity contribution in [3.8, 4) is 11.8 Å². The average Bonchev–Trinajstić information content (AvgIpc) is 2.72. The molecule has 27 heavy (non-hydrogen) atoms. The highest BCUT2D eigenvalue weighted by atomic mass is 19.1. The van der Waals surface area contributed by atoms with Crippen LogP contribution in [0.2, 0.25) is 0 Å². The molecule has 0 saturated carbocycles. The van der Waals surface area contributed by atoms with Crippen LogP contribution in [0.4, 0.5) is 4.39 Å². The number of carbonyl (C=O) groups is 1. The SMILES string of the molecule is O=C(NCC1(CO)CCOCC1)c1ccc(C#CC2=CCCCC2F)cc1. The number of allylic oxidation sites excluding steroid dienone is 2. The largest absolute Gasteiger partial charge is 0.396 e. The van der Waals surface area contributed by atoms with Crippen LogP contribution in [-0.2, 0) is 4.74 Å². The van der Waals surface area contributed by atoms with Crippen LogP contribution in [0.3, 0.4) is 0 Å². The molecule has 144 valence electrons. The summed E-state index contributed by atoms with van der Waals surface area (Å²) in [5, 5.41) is 12.6. The van der Waals surface area contributed by atoms with Crippen molar-refractivity contribution in [3.63, 3.8) is 0 Å². The highest BCUT2D eigenvalue weighted by Crippen LogP contribution is 2.29. The van der Waals surface area contributed by atoms with Gasteiger partial charge in [0.25, 0.3) is 5.91 Å². The highest BCUT2D eigenvalue weighted by Gasteiger charge is 2.32. The van der Waals surface area contributed by atoms with E-state index in [4.69, 9.17) is 4.74 Å². The van der Waals surface area contributed by atoms with Gasteiger partial charge in [-0.05, 0) is 56.4 Å². The molecule has 3 rings (SSSR count). The summed E-state index contributed by atoms with van der Waals surface area (Å²) in [6, 6.07) is 6.98. The molecule has 4 nitrogen and oxygen atoms in total. The number of hydrogen-bond acceptors (Lipinski definition) is 3. The molecular formula is C22H26FNO3. The van der Waals surface area contributed by atoms with E-state index in [0.717, 1.165) is 31.2 Å². The zero-order valence-electron chi connectivity index (χ0n) is 15.5. The Bertz CT molecular complexity index is 739. The molecule has 2 aliphatic rings. The third-order valence-electron chi connectivity index (χ3n) is 5.37. The first-order valence-electron chi connectivity index (χ1n) is 9.55. The first kappa shape index (κ1) is 19.6. The topological polar surface area (TPSA) is 58.6 Å². The fourth-order valence-corrected chi connectivity index (χ4v) is 3.38. The number of ether oxygens (including phenoxy) is 1. The first-order valence-corrected chi connectivity index (χ1v) is 9.55. The number of aliphatic hydroxyl groups excluding tert-OH is 1. The van der Waals surface area contributed by atoms with E-state index in [-0.39, 0.29) is 17.9 Å². The Labute approximate surface area is 159 Å². The van der Waals surface area contributed by atoms with Crippen LogP contribution in [0.5, 0.6) is 0 Å². The van der Waals surface area contributed by atoms with Gasteiger partial charge in [0.05, 0.1) is 6.61 Å². The second kappa shape index (κ2) is 9.16. The molecule has 1 unspecified atom stereocenters. The lowest BCUT2D eigenvalue weighted by molar-refractivity contribution is -0.0146. The van der Waals surface area contributed by atoms with Crippen molar-refractivity contribution >= 4 is 5.91 Å². The van der Waals surface area contributed by atoms with E-state index in [1.165, 1.54) is 0 Å². The fraction of sp³-hybridized carbons (Fsp3) is 0.500. The normalized spacial score (nSPS) is 21.6. The molecule has 0 radical (unpaired) electrons. The van der Waals surface area contributed by atoms with Crippen molar-refractivity contribution in [1.82, 2.24) is 5.32 Å². The Morgan fingerprint density at radius 2 is 2.00 bits per heavy atom. The summed E-state index contributed by atoms with van der Waals surface area (Å²) >= 11 is 0. The van der Waals surface area contributed by atoms with E-state index >= 15 is 0 Å². The van der Waals surface area contributed by atoms with Crippen molar-refractivity contribution < 1.29 is 19.0 Å². The molecule has 5 heteroatoms. The zero-order valence-corrected chi connectivity index (χ0v) is 15.5. The van der Waals surface area contributed by atoms with E-state index < -0.39 is 6.17 Å². The smallest absolute Gasteiger partial charge is 0.251 e. The minimum atomic E-state index is -0.958. The third-order valence-corrected chi connectivity index (χ3v) is 5.37. The third kappa shape index (κ3) is 5.18. The monoisotopic (exact) mass is 371 g/mol. The highest BCUT2D eigenvalue weighted by molar-refractivity contribution is 5.94. The van der Waals surface area contributed by atoms with E-state index in [1.807, 2.05) is 6.08 Å². The van der Waals surface area contributed by atoms with Crippen LogP contribution in [0, 0.1) is 17.3 Å². The van der Waals surface area contributed by atoms with Crippen LogP contribution in [0.15, 0.2) is 35.9 Å². The van der Waals surface area contributed by atoms with E-state index in [9.17, 15) is 14.3 Å². The minimum Gasteiger partial charge on any atom is -0.396 e. The minimum absolute atomic E-state index is 0.0383. The maximum atomic E-state index is 13.8. The molecule has 1 fully saturated rings.